The van der Waals surface area contributed by atoms with Crippen LogP contribution in [0, 0.1) is 17.3 Å². The van der Waals surface area contributed by atoms with E-state index < -0.39 is 0 Å². The molecule has 1 aromatic rings. The lowest BCUT2D eigenvalue weighted by molar-refractivity contribution is 0.0332. The maximum absolute atomic E-state index is 6.24. The van der Waals surface area contributed by atoms with E-state index >= 15 is 0 Å². The van der Waals surface area contributed by atoms with Crippen molar-refractivity contribution in [1.82, 2.24) is 0 Å². The molecule has 2 N–H and O–H groups in total. The summed E-state index contributed by atoms with van der Waals surface area (Å²) in [5.74, 6) is 1.70. The molecule has 1 aromatic carbocycles. The molecule has 0 heterocycles. The third-order valence-corrected chi connectivity index (χ3v) is 5.45. The topological polar surface area (TPSA) is 35.2 Å². The van der Waals surface area contributed by atoms with Gasteiger partial charge in [-0.15, -0.1) is 0 Å². The fourth-order valence-corrected chi connectivity index (χ4v) is 3.47. The Labute approximate surface area is 137 Å². The maximum Gasteiger partial charge on any atom is 0.139 e. The van der Waals surface area contributed by atoms with Gasteiger partial charge in [0.25, 0.3) is 0 Å². The van der Waals surface area contributed by atoms with E-state index in [-0.39, 0.29) is 6.10 Å². The SMILES string of the molecule is CC(C)(C)C1CCC(CN)C(Oc2cccc(Cl)c2Cl)C1. The fraction of sp³-hybridized carbons (Fsp3) is 0.647. The van der Waals surface area contributed by atoms with Crippen molar-refractivity contribution in [2.75, 3.05) is 6.54 Å². The van der Waals surface area contributed by atoms with E-state index in [9.17, 15) is 0 Å². The quantitative estimate of drug-likeness (QED) is 0.830. The minimum Gasteiger partial charge on any atom is -0.488 e. The molecule has 1 aliphatic carbocycles. The van der Waals surface area contributed by atoms with Gasteiger partial charge in [0.2, 0.25) is 0 Å². The predicted molar refractivity (Wildman–Crippen MR) is 90.2 cm³/mol. The molecule has 118 valence electrons. The van der Waals surface area contributed by atoms with Crippen LogP contribution in [0.1, 0.15) is 40.0 Å². The number of hydrogen-bond acceptors (Lipinski definition) is 2. The summed E-state index contributed by atoms with van der Waals surface area (Å²) in [7, 11) is 0. The number of benzene rings is 1. The van der Waals surface area contributed by atoms with E-state index in [4.69, 9.17) is 33.7 Å². The Kier molecular flexibility index (Phi) is 5.45. The predicted octanol–water partition coefficient (Wildman–Crippen LogP) is 5.16. The lowest BCUT2D eigenvalue weighted by Crippen LogP contribution is -2.41. The molecule has 3 unspecified atom stereocenters. The van der Waals surface area contributed by atoms with Crippen LogP contribution in [0.15, 0.2) is 18.2 Å². The van der Waals surface area contributed by atoms with E-state index in [1.807, 2.05) is 12.1 Å². The highest BCUT2D eigenvalue weighted by atomic mass is 35.5. The fourth-order valence-electron chi connectivity index (χ4n) is 3.13. The number of ether oxygens (including phenoxy) is 1. The molecular formula is C17H25Cl2NO. The first-order chi connectivity index (χ1) is 9.82. The molecule has 1 aliphatic rings. The summed E-state index contributed by atoms with van der Waals surface area (Å²) in [6.45, 7) is 7.54. The van der Waals surface area contributed by atoms with Gasteiger partial charge >= 0.3 is 0 Å². The van der Waals surface area contributed by atoms with E-state index in [0.29, 0.717) is 39.6 Å². The lowest BCUT2D eigenvalue weighted by atomic mass is 9.68. The van der Waals surface area contributed by atoms with E-state index in [1.54, 1.807) is 6.07 Å². The first-order valence-corrected chi connectivity index (χ1v) is 8.39. The average molecular weight is 330 g/mol. The van der Waals surface area contributed by atoms with Crippen molar-refractivity contribution < 1.29 is 4.74 Å². The van der Waals surface area contributed by atoms with Gasteiger partial charge in [0.05, 0.1) is 5.02 Å². The normalized spacial score (nSPS) is 26.7. The maximum atomic E-state index is 6.24. The second kappa shape index (κ2) is 6.76. The van der Waals surface area contributed by atoms with Crippen LogP contribution < -0.4 is 10.5 Å². The highest BCUT2D eigenvalue weighted by Crippen LogP contribution is 2.42. The largest absolute Gasteiger partial charge is 0.488 e. The van der Waals surface area contributed by atoms with Gasteiger partial charge < -0.3 is 10.5 Å². The zero-order valence-electron chi connectivity index (χ0n) is 13.0. The standard InChI is InChI=1S/C17H25Cl2NO/c1-17(2,3)12-8-7-11(10-20)15(9-12)21-14-6-4-5-13(18)16(14)19/h4-6,11-12,15H,7-10,20H2,1-3H3. The van der Waals surface area contributed by atoms with Gasteiger partial charge in [0.1, 0.15) is 16.9 Å². The minimum absolute atomic E-state index is 0.115. The van der Waals surface area contributed by atoms with Crippen molar-refractivity contribution in [3.05, 3.63) is 28.2 Å². The van der Waals surface area contributed by atoms with Crippen molar-refractivity contribution in [1.29, 1.82) is 0 Å². The second-order valence-corrected chi connectivity index (χ2v) is 7.87. The van der Waals surface area contributed by atoms with Crippen molar-refractivity contribution >= 4 is 23.2 Å². The van der Waals surface area contributed by atoms with Crippen LogP contribution in [0.5, 0.6) is 5.75 Å². The van der Waals surface area contributed by atoms with E-state index in [1.165, 1.54) is 6.42 Å². The minimum atomic E-state index is 0.115. The van der Waals surface area contributed by atoms with Crippen molar-refractivity contribution in [2.24, 2.45) is 23.0 Å². The molecular weight excluding hydrogens is 305 g/mol. The van der Waals surface area contributed by atoms with Gasteiger partial charge in [0.15, 0.2) is 0 Å². The molecule has 21 heavy (non-hydrogen) atoms. The summed E-state index contributed by atoms with van der Waals surface area (Å²) >= 11 is 12.3. The first-order valence-electron chi connectivity index (χ1n) is 7.63. The Hall–Kier alpha value is -0.440. The number of nitrogens with two attached hydrogens (primary N) is 1. The Bertz CT molecular complexity index is 484. The van der Waals surface area contributed by atoms with Gasteiger partial charge in [-0.05, 0) is 49.3 Å². The Morgan fingerprint density at radius 1 is 1.24 bits per heavy atom. The number of rotatable bonds is 3. The van der Waals surface area contributed by atoms with Crippen molar-refractivity contribution in [3.63, 3.8) is 0 Å². The molecule has 0 aliphatic heterocycles. The third-order valence-electron chi connectivity index (χ3n) is 4.65. The number of halogens is 2. The van der Waals surface area contributed by atoms with Crippen LogP contribution in [0.4, 0.5) is 0 Å². The van der Waals surface area contributed by atoms with Crippen LogP contribution in [0.2, 0.25) is 10.0 Å². The van der Waals surface area contributed by atoms with Crippen LogP contribution >= 0.6 is 23.2 Å². The van der Waals surface area contributed by atoms with Gasteiger partial charge in [-0.2, -0.15) is 0 Å². The molecule has 0 aromatic heterocycles. The first kappa shape index (κ1) is 16.9. The highest BCUT2D eigenvalue weighted by Gasteiger charge is 2.36. The molecule has 1 saturated carbocycles. The third kappa shape index (κ3) is 4.06. The molecule has 2 nitrogen and oxygen atoms in total. The summed E-state index contributed by atoms with van der Waals surface area (Å²) < 4.78 is 6.20. The summed E-state index contributed by atoms with van der Waals surface area (Å²) in [6.07, 6.45) is 3.47. The van der Waals surface area contributed by atoms with E-state index in [2.05, 4.69) is 20.8 Å². The molecule has 1 fully saturated rings. The molecule has 0 bridgehead atoms. The molecule has 0 amide bonds. The highest BCUT2D eigenvalue weighted by molar-refractivity contribution is 6.42. The molecule has 0 saturated heterocycles. The van der Waals surface area contributed by atoms with Crippen LogP contribution in [0.25, 0.3) is 0 Å². The summed E-state index contributed by atoms with van der Waals surface area (Å²) in [5.41, 5.74) is 6.22. The average Bonchev–Trinajstić information content (AvgIpc) is 2.43. The van der Waals surface area contributed by atoms with E-state index in [0.717, 1.165) is 12.8 Å². The number of hydrogen-bond donors (Lipinski definition) is 1. The summed E-state index contributed by atoms with van der Waals surface area (Å²) in [5, 5.41) is 1.02. The van der Waals surface area contributed by atoms with Crippen molar-refractivity contribution in [3.8, 4) is 5.75 Å². The summed E-state index contributed by atoms with van der Waals surface area (Å²) in [4.78, 5) is 0. The Morgan fingerprint density at radius 3 is 2.57 bits per heavy atom. The molecule has 4 heteroatoms. The van der Waals surface area contributed by atoms with Crippen molar-refractivity contribution in [2.45, 2.75) is 46.1 Å². The molecule has 0 spiro atoms. The smallest absolute Gasteiger partial charge is 0.139 e. The van der Waals surface area contributed by atoms with Crippen LogP contribution in [0.3, 0.4) is 0 Å². The van der Waals surface area contributed by atoms with Crippen LogP contribution in [-0.2, 0) is 0 Å². The van der Waals surface area contributed by atoms with Gasteiger partial charge in [-0.1, -0.05) is 50.0 Å². The lowest BCUT2D eigenvalue weighted by Gasteiger charge is -2.41. The second-order valence-electron chi connectivity index (χ2n) is 7.08. The molecule has 0 radical (unpaired) electrons. The summed E-state index contributed by atoms with van der Waals surface area (Å²) in [6, 6.07) is 5.52. The molecule has 2 rings (SSSR count). The zero-order valence-corrected chi connectivity index (χ0v) is 14.5. The van der Waals surface area contributed by atoms with Crippen LogP contribution in [-0.4, -0.2) is 12.6 Å². The van der Waals surface area contributed by atoms with Gasteiger partial charge in [-0.3, -0.25) is 0 Å². The molecule has 3 atom stereocenters. The van der Waals surface area contributed by atoms with Gasteiger partial charge in [0, 0.05) is 5.92 Å². The Morgan fingerprint density at radius 2 is 1.95 bits per heavy atom. The Balaban J connectivity index is 2.16. The zero-order chi connectivity index (χ0) is 15.6. The monoisotopic (exact) mass is 329 g/mol. The van der Waals surface area contributed by atoms with Gasteiger partial charge in [-0.25, -0.2) is 0 Å².